The molecule has 0 saturated carbocycles. The van der Waals surface area contributed by atoms with Crippen molar-refractivity contribution in [2.45, 2.75) is 45.6 Å². The Morgan fingerprint density at radius 2 is 1.83 bits per heavy atom. The minimum absolute atomic E-state index is 0.227. The maximum Gasteiger partial charge on any atom is 0.191 e. The molecule has 0 aliphatic carbocycles. The van der Waals surface area contributed by atoms with Crippen LogP contribution >= 0.6 is 0 Å². The van der Waals surface area contributed by atoms with E-state index in [1.807, 2.05) is 13.0 Å². The molecule has 3 rings (SSSR count). The summed E-state index contributed by atoms with van der Waals surface area (Å²) in [7, 11) is 0. The zero-order valence-electron chi connectivity index (χ0n) is 17.0. The first kappa shape index (κ1) is 21.3. The molecular formula is C23H30FN3O2. The molecular weight excluding hydrogens is 369 g/mol. The average molecular weight is 400 g/mol. The molecule has 1 aliphatic rings. The van der Waals surface area contributed by atoms with Crippen LogP contribution in [0.2, 0.25) is 0 Å². The molecule has 2 aromatic carbocycles. The van der Waals surface area contributed by atoms with Crippen LogP contribution in [0.15, 0.2) is 53.5 Å². The first-order valence-electron chi connectivity index (χ1n) is 10.3. The van der Waals surface area contributed by atoms with Gasteiger partial charge >= 0.3 is 0 Å². The smallest absolute Gasteiger partial charge is 0.191 e. The van der Waals surface area contributed by atoms with Crippen molar-refractivity contribution in [3.05, 3.63) is 71.0 Å². The Kier molecular flexibility index (Phi) is 8.46. The summed E-state index contributed by atoms with van der Waals surface area (Å²) in [5, 5.41) is 6.53. The zero-order valence-corrected chi connectivity index (χ0v) is 17.0. The quantitative estimate of drug-likeness (QED) is 0.524. The molecule has 2 N–H and O–H groups in total. The highest BCUT2D eigenvalue weighted by Gasteiger charge is 2.14. The lowest BCUT2D eigenvalue weighted by Crippen LogP contribution is -2.36. The van der Waals surface area contributed by atoms with Crippen LogP contribution in [0.25, 0.3) is 0 Å². The van der Waals surface area contributed by atoms with Crippen LogP contribution in [-0.2, 0) is 29.2 Å². The number of rotatable bonds is 8. The van der Waals surface area contributed by atoms with Gasteiger partial charge in [0.05, 0.1) is 19.3 Å². The predicted molar refractivity (Wildman–Crippen MR) is 113 cm³/mol. The van der Waals surface area contributed by atoms with Crippen molar-refractivity contribution in [2.24, 2.45) is 4.99 Å². The number of halogens is 1. The van der Waals surface area contributed by atoms with Gasteiger partial charge in [-0.2, -0.15) is 0 Å². The van der Waals surface area contributed by atoms with E-state index in [4.69, 9.17) is 9.47 Å². The molecule has 6 heteroatoms. The molecule has 2 aromatic rings. The Bertz CT molecular complexity index is 774. The molecule has 0 amide bonds. The summed E-state index contributed by atoms with van der Waals surface area (Å²) in [5.41, 5.74) is 3.30. The van der Waals surface area contributed by atoms with Crippen LogP contribution in [0.3, 0.4) is 0 Å². The second kappa shape index (κ2) is 11.5. The lowest BCUT2D eigenvalue weighted by atomic mass is 10.1. The maximum absolute atomic E-state index is 13.0. The summed E-state index contributed by atoms with van der Waals surface area (Å²) in [6, 6.07) is 14.8. The van der Waals surface area contributed by atoms with Crippen LogP contribution in [-0.4, -0.2) is 31.8 Å². The summed E-state index contributed by atoms with van der Waals surface area (Å²) >= 11 is 0. The number of aliphatic imine (C=N–C) groups is 1. The van der Waals surface area contributed by atoms with Crippen molar-refractivity contribution in [2.75, 3.05) is 19.8 Å². The molecule has 1 fully saturated rings. The summed E-state index contributed by atoms with van der Waals surface area (Å²) < 4.78 is 24.4. The topological polar surface area (TPSA) is 54.9 Å². The molecule has 0 radical (unpaired) electrons. The highest BCUT2D eigenvalue weighted by atomic mass is 19.1. The average Bonchev–Trinajstić information content (AvgIpc) is 2.76. The largest absolute Gasteiger partial charge is 0.381 e. The number of hydrogen-bond acceptors (Lipinski definition) is 3. The molecule has 5 nitrogen and oxygen atoms in total. The number of nitrogens with zero attached hydrogens (tertiary/aromatic N) is 1. The van der Waals surface area contributed by atoms with E-state index in [-0.39, 0.29) is 5.82 Å². The molecule has 1 saturated heterocycles. The van der Waals surface area contributed by atoms with Gasteiger partial charge in [0.2, 0.25) is 0 Å². The second-order valence-corrected chi connectivity index (χ2v) is 7.12. The lowest BCUT2D eigenvalue weighted by molar-refractivity contribution is -0.0390. The second-order valence-electron chi connectivity index (χ2n) is 7.12. The fraction of sp³-hybridized carbons (Fsp3) is 0.435. The molecule has 156 valence electrons. The van der Waals surface area contributed by atoms with E-state index in [9.17, 15) is 4.39 Å². The van der Waals surface area contributed by atoms with Gasteiger partial charge in [-0.1, -0.05) is 36.4 Å². The molecule has 0 atom stereocenters. The fourth-order valence-corrected chi connectivity index (χ4v) is 3.17. The Morgan fingerprint density at radius 3 is 2.59 bits per heavy atom. The summed E-state index contributed by atoms with van der Waals surface area (Å²) in [6.07, 6.45) is 2.23. The molecule has 0 unspecified atom stereocenters. The third kappa shape index (κ3) is 7.48. The maximum atomic E-state index is 13.0. The fourth-order valence-electron chi connectivity index (χ4n) is 3.17. The molecule has 1 aliphatic heterocycles. The summed E-state index contributed by atoms with van der Waals surface area (Å²) in [6.45, 7) is 6.16. The third-order valence-corrected chi connectivity index (χ3v) is 4.78. The van der Waals surface area contributed by atoms with Crippen molar-refractivity contribution in [1.82, 2.24) is 10.6 Å². The van der Waals surface area contributed by atoms with E-state index < -0.39 is 0 Å². The molecule has 0 bridgehead atoms. The molecule has 0 spiro atoms. The Morgan fingerprint density at radius 1 is 1.07 bits per heavy atom. The minimum atomic E-state index is -0.227. The molecule has 29 heavy (non-hydrogen) atoms. The van der Waals surface area contributed by atoms with Crippen molar-refractivity contribution < 1.29 is 13.9 Å². The Hall–Kier alpha value is -2.44. The van der Waals surface area contributed by atoms with Gasteiger partial charge in [-0.3, -0.25) is 0 Å². The molecule has 1 heterocycles. The number of guanidine groups is 1. The molecule has 0 aromatic heterocycles. The van der Waals surface area contributed by atoms with E-state index in [2.05, 4.69) is 33.8 Å². The highest BCUT2D eigenvalue weighted by molar-refractivity contribution is 5.79. The van der Waals surface area contributed by atoms with Gasteiger partial charge in [0.25, 0.3) is 0 Å². The number of benzene rings is 2. The van der Waals surface area contributed by atoms with Gasteiger partial charge in [-0.25, -0.2) is 9.38 Å². The summed E-state index contributed by atoms with van der Waals surface area (Å²) in [4.78, 5) is 4.67. The number of nitrogens with one attached hydrogen (secondary N) is 2. The van der Waals surface area contributed by atoms with E-state index in [0.29, 0.717) is 25.8 Å². The highest BCUT2D eigenvalue weighted by Crippen LogP contribution is 2.14. The predicted octanol–water partition coefficient (Wildman–Crippen LogP) is 3.78. The SMILES string of the molecule is CCNC(=NCc1cccc(COC2CCOCC2)c1)NCc1ccc(F)cc1. The van der Waals surface area contributed by atoms with Gasteiger partial charge in [-0.05, 0) is 48.6 Å². The number of hydrogen-bond donors (Lipinski definition) is 2. The van der Waals surface area contributed by atoms with E-state index >= 15 is 0 Å². The van der Waals surface area contributed by atoms with Gasteiger partial charge in [0.1, 0.15) is 5.82 Å². The first-order chi connectivity index (χ1) is 14.2. The lowest BCUT2D eigenvalue weighted by Gasteiger charge is -2.22. The normalized spacial score (nSPS) is 15.3. The zero-order chi connectivity index (χ0) is 20.3. The van der Waals surface area contributed by atoms with Crippen molar-refractivity contribution in [3.63, 3.8) is 0 Å². The van der Waals surface area contributed by atoms with E-state index in [0.717, 1.165) is 55.3 Å². The van der Waals surface area contributed by atoms with Gasteiger partial charge in [0.15, 0.2) is 5.96 Å². The Balaban J connectivity index is 1.53. The van der Waals surface area contributed by atoms with Crippen LogP contribution in [0.1, 0.15) is 36.5 Å². The van der Waals surface area contributed by atoms with Crippen molar-refractivity contribution >= 4 is 5.96 Å². The van der Waals surface area contributed by atoms with Gasteiger partial charge < -0.3 is 20.1 Å². The van der Waals surface area contributed by atoms with Crippen LogP contribution in [0, 0.1) is 5.82 Å². The van der Waals surface area contributed by atoms with Gasteiger partial charge in [-0.15, -0.1) is 0 Å². The van der Waals surface area contributed by atoms with Crippen molar-refractivity contribution in [1.29, 1.82) is 0 Å². The van der Waals surface area contributed by atoms with Crippen LogP contribution < -0.4 is 10.6 Å². The monoisotopic (exact) mass is 399 g/mol. The van der Waals surface area contributed by atoms with Crippen LogP contribution in [0.5, 0.6) is 0 Å². The van der Waals surface area contributed by atoms with Crippen LogP contribution in [0.4, 0.5) is 4.39 Å². The van der Waals surface area contributed by atoms with E-state index in [1.165, 1.54) is 12.1 Å². The summed E-state index contributed by atoms with van der Waals surface area (Å²) in [5.74, 6) is 0.510. The van der Waals surface area contributed by atoms with Gasteiger partial charge in [0, 0.05) is 26.3 Å². The van der Waals surface area contributed by atoms with E-state index in [1.54, 1.807) is 12.1 Å². The van der Waals surface area contributed by atoms with Crippen molar-refractivity contribution in [3.8, 4) is 0 Å². The Labute approximate surface area is 172 Å². The minimum Gasteiger partial charge on any atom is -0.381 e. The third-order valence-electron chi connectivity index (χ3n) is 4.78. The first-order valence-corrected chi connectivity index (χ1v) is 10.3. The number of ether oxygens (including phenoxy) is 2. The standard InChI is InChI=1S/C23H30FN3O2/c1-2-25-23(26-15-18-6-8-21(24)9-7-18)27-16-19-4-3-5-20(14-19)17-29-22-10-12-28-13-11-22/h3-9,14,22H,2,10-13,15-17H2,1H3,(H2,25,26,27).